The first-order valence-electron chi connectivity index (χ1n) is 5.63. The number of carbonyl (C=O) groups excluding carboxylic acids is 1. The van der Waals surface area contributed by atoms with Crippen LogP contribution in [-0.2, 0) is 9.59 Å². The number of amides is 1. The van der Waals surface area contributed by atoms with Crippen LogP contribution in [0.1, 0.15) is 39.0 Å². The minimum atomic E-state index is -0.926. The molecule has 0 aromatic heterocycles. The van der Waals surface area contributed by atoms with Gasteiger partial charge in [0.1, 0.15) is 6.54 Å². The number of nitrogens with zero attached hydrogens (tertiary/aromatic N) is 1. The number of aliphatic carboxylic acids is 1. The molecule has 4 heteroatoms. The lowest BCUT2D eigenvalue weighted by Gasteiger charge is -2.28. The van der Waals surface area contributed by atoms with Gasteiger partial charge >= 0.3 is 5.97 Å². The smallest absolute Gasteiger partial charge is 0.323 e. The summed E-state index contributed by atoms with van der Waals surface area (Å²) in [4.78, 5) is 23.8. The summed E-state index contributed by atoms with van der Waals surface area (Å²) in [6.07, 6.45) is 4.80. The van der Waals surface area contributed by atoms with Crippen molar-refractivity contribution in [2.45, 2.75) is 39.0 Å². The third kappa shape index (κ3) is 3.90. The van der Waals surface area contributed by atoms with Crippen molar-refractivity contribution in [1.82, 2.24) is 4.90 Å². The minimum Gasteiger partial charge on any atom is -0.480 e. The summed E-state index contributed by atoms with van der Waals surface area (Å²) >= 11 is 0. The molecule has 0 spiro atoms. The Bertz CT molecular complexity index is 236. The highest BCUT2D eigenvalue weighted by Crippen LogP contribution is 2.29. The maximum absolute atomic E-state index is 11.7. The van der Waals surface area contributed by atoms with E-state index in [0.717, 1.165) is 19.3 Å². The fraction of sp³-hybridized carbons (Fsp3) is 0.818. The molecular weight excluding hydrogens is 194 g/mol. The Balaban J connectivity index is 2.38. The lowest BCUT2D eigenvalue weighted by molar-refractivity contribution is -0.145. The zero-order valence-corrected chi connectivity index (χ0v) is 9.24. The highest BCUT2D eigenvalue weighted by Gasteiger charge is 2.24. The van der Waals surface area contributed by atoms with Crippen molar-refractivity contribution in [2.75, 3.05) is 13.1 Å². The van der Waals surface area contributed by atoms with Crippen molar-refractivity contribution in [1.29, 1.82) is 0 Å². The van der Waals surface area contributed by atoms with Gasteiger partial charge in [-0.3, -0.25) is 9.59 Å². The van der Waals surface area contributed by atoms with E-state index in [2.05, 4.69) is 0 Å². The normalized spacial score (nSPS) is 15.8. The zero-order chi connectivity index (χ0) is 11.3. The Morgan fingerprint density at radius 2 is 2.07 bits per heavy atom. The zero-order valence-electron chi connectivity index (χ0n) is 9.24. The van der Waals surface area contributed by atoms with Gasteiger partial charge in [0, 0.05) is 13.0 Å². The molecule has 0 heterocycles. The Labute approximate surface area is 90.3 Å². The summed E-state index contributed by atoms with van der Waals surface area (Å²) < 4.78 is 0. The molecular formula is C11H19NO3. The standard InChI is InChI=1S/C11H19NO3/c1-2-6-12(8-11(14)15)10(13)7-9-4-3-5-9/h9H,2-8H2,1H3,(H,14,15). The quantitative estimate of drug-likeness (QED) is 0.727. The van der Waals surface area contributed by atoms with Crippen molar-refractivity contribution < 1.29 is 14.7 Å². The van der Waals surface area contributed by atoms with Gasteiger partial charge in [-0.25, -0.2) is 0 Å². The van der Waals surface area contributed by atoms with Gasteiger partial charge in [0.15, 0.2) is 0 Å². The lowest BCUT2D eigenvalue weighted by atomic mass is 9.82. The summed E-state index contributed by atoms with van der Waals surface area (Å²) in [6.45, 7) is 2.35. The van der Waals surface area contributed by atoms with Crippen LogP contribution in [0.25, 0.3) is 0 Å². The molecule has 1 N–H and O–H groups in total. The third-order valence-electron chi connectivity index (χ3n) is 2.86. The molecule has 1 fully saturated rings. The fourth-order valence-corrected chi connectivity index (χ4v) is 1.80. The molecule has 0 aromatic carbocycles. The van der Waals surface area contributed by atoms with Crippen LogP contribution in [0.3, 0.4) is 0 Å². The number of carboxylic acid groups (broad SMARTS) is 1. The van der Waals surface area contributed by atoms with Crippen molar-refractivity contribution >= 4 is 11.9 Å². The molecule has 4 nitrogen and oxygen atoms in total. The molecule has 0 atom stereocenters. The van der Waals surface area contributed by atoms with E-state index >= 15 is 0 Å². The van der Waals surface area contributed by atoms with Gasteiger partial charge in [-0.2, -0.15) is 0 Å². The second-order valence-electron chi connectivity index (χ2n) is 4.21. The van der Waals surface area contributed by atoms with Gasteiger partial charge in [-0.15, -0.1) is 0 Å². The van der Waals surface area contributed by atoms with Gasteiger partial charge in [0.25, 0.3) is 0 Å². The van der Waals surface area contributed by atoms with Crippen LogP contribution in [0, 0.1) is 5.92 Å². The van der Waals surface area contributed by atoms with Crippen molar-refractivity contribution in [3.05, 3.63) is 0 Å². The first-order valence-corrected chi connectivity index (χ1v) is 5.63. The summed E-state index contributed by atoms with van der Waals surface area (Å²) in [7, 11) is 0. The largest absolute Gasteiger partial charge is 0.480 e. The first-order chi connectivity index (χ1) is 7.13. The maximum Gasteiger partial charge on any atom is 0.323 e. The van der Waals surface area contributed by atoms with Crippen LogP contribution in [0.15, 0.2) is 0 Å². The highest BCUT2D eigenvalue weighted by molar-refractivity contribution is 5.81. The van der Waals surface area contributed by atoms with Crippen molar-refractivity contribution in [2.24, 2.45) is 5.92 Å². The average Bonchev–Trinajstić information content (AvgIpc) is 2.09. The van der Waals surface area contributed by atoms with Gasteiger partial charge in [-0.05, 0) is 25.2 Å². The second-order valence-corrected chi connectivity index (χ2v) is 4.21. The molecule has 1 amide bonds. The van der Waals surface area contributed by atoms with E-state index in [-0.39, 0.29) is 12.5 Å². The van der Waals surface area contributed by atoms with E-state index in [4.69, 9.17) is 5.11 Å². The third-order valence-corrected chi connectivity index (χ3v) is 2.86. The SMILES string of the molecule is CCCN(CC(=O)O)C(=O)CC1CCC1. The summed E-state index contributed by atoms with van der Waals surface area (Å²) in [5, 5.41) is 8.67. The average molecular weight is 213 g/mol. The fourth-order valence-electron chi connectivity index (χ4n) is 1.80. The van der Waals surface area contributed by atoms with Gasteiger partial charge in [0.05, 0.1) is 0 Å². The highest BCUT2D eigenvalue weighted by atomic mass is 16.4. The molecule has 0 radical (unpaired) electrons. The van der Waals surface area contributed by atoms with E-state index in [0.29, 0.717) is 18.9 Å². The molecule has 1 aliphatic carbocycles. The van der Waals surface area contributed by atoms with E-state index < -0.39 is 5.97 Å². The molecule has 0 unspecified atom stereocenters. The maximum atomic E-state index is 11.7. The van der Waals surface area contributed by atoms with Gasteiger partial charge < -0.3 is 10.0 Å². The first kappa shape index (κ1) is 12.0. The Morgan fingerprint density at radius 1 is 1.40 bits per heavy atom. The number of carbonyl (C=O) groups is 2. The molecule has 1 aliphatic rings. The lowest BCUT2D eigenvalue weighted by Crippen LogP contribution is -2.37. The summed E-state index contributed by atoms with van der Waals surface area (Å²) in [6, 6.07) is 0. The molecule has 1 saturated carbocycles. The second kappa shape index (κ2) is 5.73. The van der Waals surface area contributed by atoms with Gasteiger partial charge in [0.2, 0.25) is 5.91 Å². The topological polar surface area (TPSA) is 57.6 Å². The molecule has 1 rings (SSSR count). The minimum absolute atomic E-state index is 0.00366. The number of carboxylic acids is 1. The molecule has 0 bridgehead atoms. The summed E-state index contributed by atoms with van der Waals surface area (Å²) in [5.41, 5.74) is 0. The van der Waals surface area contributed by atoms with E-state index in [1.165, 1.54) is 11.3 Å². The molecule has 0 saturated heterocycles. The van der Waals surface area contributed by atoms with Crippen molar-refractivity contribution in [3.63, 3.8) is 0 Å². The predicted octanol–water partition coefficient (Wildman–Crippen LogP) is 1.50. The molecule has 0 aliphatic heterocycles. The van der Waals surface area contributed by atoms with E-state index in [1.807, 2.05) is 6.92 Å². The van der Waals surface area contributed by atoms with Crippen LogP contribution in [0.5, 0.6) is 0 Å². The van der Waals surface area contributed by atoms with Crippen LogP contribution < -0.4 is 0 Å². The van der Waals surface area contributed by atoms with Crippen LogP contribution in [0.4, 0.5) is 0 Å². The van der Waals surface area contributed by atoms with Crippen LogP contribution >= 0.6 is 0 Å². The molecule has 86 valence electrons. The van der Waals surface area contributed by atoms with Crippen LogP contribution in [0.2, 0.25) is 0 Å². The van der Waals surface area contributed by atoms with Crippen molar-refractivity contribution in [3.8, 4) is 0 Å². The predicted molar refractivity (Wildman–Crippen MR) is 56.5 cm³/mol. The Morgan fingerprint density at radius 3 is 2.47 bits per heavy atom. The molecule has 15 heavy (non-hydrogen) atoms. The van der Waals surface area contributed by atoms with Crippen LogP contribution in [-0.4, -0.2) is 35.0 Å². The van der Waals surface area contributed by atoms with E-state index in [1.54, 1.807) is 0 Å². The number of rotatable bonds is 6. The molecule has 0 aromatic rings. The Kier molecular flexibility index (Phi) is 4.59. The number of hydrogen-bond acceptors (Lipinski definition) is 2. The van der Waals surface area contributed by atoms with Gasteiger partial charge in [-0.1, -0.05) is 13.3 Å². The monoisotopic (exact) mass is 213 g/mol. The number of hydrogen-bond donors (Lipinski definition) is 1. The Hall–Kier alpha value is -1.06. The summed E-state index contributed by atoms with van der Waals surface area (Å²) in [5.74, 6) is -0.417. The van der Waals surface area contributed by atoms with E-state index in [9.17, 15) is 9.59 Å².